The Hall–Kier alpha value is -1.66. The SMILES string of the molecule is CCc1nc(CN2CCC(CNC(=O)c3ccoc3C)CC2)cs1. The topological polar surface area (TPSA) is 58.4 Å². The number of thiazole rings is 1. The number of amides is 1. The first kappa shape index (κ1) is 17.2. The fraction of sp³-hybridized carbons (Fsp3) is 0.556. The third-order valence-electron chi connectivity index (χ3n) is 4.65. The summed E-state index contributed by atoms with van der Waals surface area (Å²) in [6.07, 6.45) is 4.82. The van der Waals surface area contributed by atoms with Gasteiger partial charge in [-0.2, -0.15) is 0 Å². The van der Waals surface area contributed by atoms with E-state index in [1.54, 1.807) is 23.7 Å². The lowest BCUT2D eigenvalue weighted by molar-refractivity contribution is 0.0933. The van der Waals surface area contributed by atoms with Gasteiger partial charge in [0.2, 0.25) is 0 Å². The molecule has 0 radical (unpaired) electrons. The number of likely N-dealkylation sites (tertiary alicyclic amines) is 1. The molecule has 1 saturated heterocycles. The highest BCUT2D eigenvalue weighted by atomic mass is 32.1. The lowest BCUT2D eigenvalue weighted by Crippen LogP contribution is -2.38. The molecule has 0 aliphatic carbocycles. The highest BCUT2D eigenvalue weighted by molar-refractivity contribution is 7.09. The maximum Gasteiger partial charge on any atom is 0.254 e. The number of furan rings is 1. The van der Waals surface area contributed by atoms with Gasteiger partial charge < -0.3 is 9.73 Å². The summed E-state index contributed by atoms with van der Waals surface area (Å²) in [5.74, 6) is 1.20. The molecule has 1 N–H and O–H groups in total. The molecule has 24 heavy (non-hydrogen) atoms. The Bertz CT molecular complexity index is 671. The fourth-order valence-corrected chi connectivity index (χ4v) is 3.85. The summed E-state index contributed by atoms with van der Waals surface area (Å²) in [5.41, 5.74) is 1.83. The second kappa shape index (κ2) is 7.94. The Kier molecular flexibility index (Phi) is 5.68. The van der Waals surface area contributed by atoms with Gasteiger partial charge in [0.15, 0.2) is 0 Å². The summed E-state index contributed by atoms with van der Waals surface area (Å²) in [5, 5.41) is 6.44. The minimum atomic E-state index is -0.0294. The Balaban J connectivity index is 1.40. The van der Waals surface area contributed by atoms with E-state index in [1.165, 1.54) is 10.7 Å². The smallest absolute Gasteiger partial charge is 0.254 e. The van der Waals surface area contributed by atoms with Crippen LogP contribution in [0.25, 0.3) is 0 Å². The Morgan fingerprint density at radius 3 is 2.88 bits per heavy atom. The zero-order valence-corrected chi connectivity index (χ0v) is 15.2. The molecule has 6 heteroatoms. The first-order chi connectivity index (χ1) is 11.7. The zero-order chi connectivity index (χ0) is 16.9. The van der Waals surface area contributed by atoms with Crippen LogP contribution >= 0.6 is 11.3 Å². The molecule has 0 atom stereocenters. The number of aromatic nitrogens is 1. The van der Waals surface area contributed by atoms with E-state index in [4.69, 9.17) is 4.42 Å². The van der Waals surface area contributed by atoms with Crippen molar-refractivity contribution in [1.82, 2.24) is 15.2 Å². The van der Waals surface area contributed by atoms with Crippen molar-refractivity contribution < 1.29 is 9.21 Å². The van der Waals surface area contributed by atoms with Crippen LogP contribution < -0.4 is 5.32 Å². The zero-order valence-electron chi connectivity index (χ0n) is 14.4. The molecule has 2 aromatic rings. The van der Waals surface area contributed by atoms with Crippen molar-refractivity contribution in [3.8, 4) is 0 Å². The maximum absolute atomic E-state index is 12.1. The van der Waals surface area contributed by atoms with Crippen molar-refractivity contribution in [1.29, 1.82) is 0 Å². The molecule has 0 spiro atoms. The summed E-state index contributed by atoms with van der Waals surface area (Å²) < 4.78 is 5.19. The van der Waals surface area contributed by atoms with Crippen LogP contribution in [0.2, 0.25) is 0 Å². The number of rotatable bonds is 6. The van der Waals surface area contributed by atoms with Crippen molar-refractivity contribution in [3.05, 3.63) is 39.7 Å². The third-order valence-corrected chi connectivity index (χ3v) is 5.69. The van der Waals surface area contributed by atoms with Crippen LogP contribution in [0.15, 0.2) is 22.1 Å². The molecule has 1 amide bonds. The van der Waals surface area contributed by atoms with Crippen LogP contribution in [0.5, 0.6) is 0 Å². The molecule has 0 saturated carbocycles. The number of nitrogens with zero attached hydrogens (tertiary/aromatic N) is 2. The number of carbonyl (C=O) groups is 1. The molecular formula is C18H25N3O2S. The van der Waals surface area contributed by atoms with Gasteiger partial charge in [-0.3, -0.25) is 9.69 Å². The predicted octanol–water partition coefficient (Wildman–Crippen LogP) is 3.25. The number of hydrogen-bond donors (Lipinski definition) is 1. The van der Waals surface area contributed by atoms with Crippen LogP contribution in [0.4, 0.5) is 0 Å². The monoisotopic (exact) mass is 347 g/mol. The minimum absolute atomic E-state index is 0.0294. The molecule has 5 nitrogen and oxygen atoms in total. The number of hydrogen-bond acceptors (Lipinski definition) is 5. The van der Waals surface area contributed by atoms with Crippen molar-refractivity contribution in [2.45, 2.75) is 39.7 Å². The van der Waals surface area contributed by atoms with E-state index in [1.807, 2.05) is 6.92 Å². The largest absolute Gasteiger partial charge is 0.469 e. The minimum Gasteiger partial charge on any atom is -0.469 e. The average Bonchev–Trinajstić information content (AvgIpc) is 3.22. The molecule has 0 unspecified atom stereocenters. The highest BCUT2D eigenvalue weighted by Crippen LogP contribution is 2.20. The van der Waals surface area contributed by atoms with E-state index in [9.17, 15) is 4.79 Å². The van der Waals surface area contributed by atoms with E-state index in [-0.39, 0.29) is 5.91 Å². The predicted molar refractivity (Wildman–Crippen MR) is 95.3 cm³/mol. The quantitative estimate of drug-likeness (QED) is 0.871. The molecular weight excluding hydrogens is 322 g/mol. The van der Waals surface area contributed by atoms with Gasteiger partial charge in [-0.1, -0.05) is 6.92 Å². The van der Waals surface area contributed by atoms with Crippen LogP contribution in [-0.2, 0) is 13.0 Å². The van der Waals surface area contributed by atoms with Gasteiger partial charge in [0.25, 0.3) is 5.91 Å². The van der Waals surface area contributed by atoms with Crippen LogP contribution in [-0.4, -0.2) is 35.4 Å². The highest BCUT2D eigenvalue weighted by Gasteiger charge is 2.21. The van der Waals surface area contributed by atoms with Crippen LogP contribution in [0.1, 0.15) is 46.6 Å². The molecule has 3 heterocycles. The molecule has 1 fully saturated rings. The average molecular weight is 347 g/mol. The van der Waals surface area contributed by atoms with Gasteiger partial charge in [0.1, 0.15) is 5.76 Å². The van der Waals surface area contributed by atoms with Crippen molar-refractivity contribution in [3.63, 3.8) is 0 Å². The van der Waals surface area contributed by atoms with Gasteiger partial charge in [-0.15, -0.1) is 11.3 Å². The number of nitrogens with one attached hydrogen (secondary N) is 1. The number of carbonyl (C=O) groups excluding carboxylic acids is 1. The van der Waals surface area contributed by atoms with Crippen LogP contribution in [0, 0.1) is 12.8 Å². The van der Waals surface area contributed by atoms with E-state index < -0.39 is 0 Å². The normalized spacial score (nSPS) is 16.4. The van der Waals surface area contributed by atoms with Crippen molar-refractivity contribution in [2.75, 3.05) is 19.6 Å². The summed E-state index contributed by atoms with van der Waals surface area (Å²) in [6.45, 7) is 7.80. The molecule has 0 aromatic carbocycles. The third kappa shape index (κ3) is 4.24. The molecule has 3 rings (SSSR count). The molecule has 130 valence electrons. The second-order valence-corrected chi connectivity index (χ2v) is 7.35. The van der Waals surface area contributed by atoms with Crippen molar-refractivity contribution in [2.24, 2.45) is 5.92 Å². The molecule has 2 aromatic heterocycles. The first-order valence-electron chi connectivity index (χ1n) is 8.63. The van der Waals surface area contributed by atoms with E-state index in [2.05, 4.69) is 27.5 Å². The Morgan fingerprint density at radius 1 is 1.46 bits per heavy atom. The summed E-state index contributed by atoms with van der Waals surface area (Å²) in [6, 6.07) is 1.73. The van der Waals surface area contributed by atoms with E-state index in [0.717, 1.165) is 45.4 Å². The Morgan fingerprint density at radius 2 is 2.25 bits per heavy atom. The van der Waals surface area contributed by atoms with Crippen molar-refractivity contribution >= 4 is 17.2 Å². The van der Waals surface area contributed by atoms with Gasteiger partial charge in [0, 0.05) is 18.5 Å². The number of piperidine rings is 1. The van der Waals surface area contributed by atoms with Gasteiger partial charge in [-0.25, -0.2) is 4.98 Å². The lowest BCUT2D eigenvalue weighted by Gasteiger charge is -2.31. The van der Waals surface area contributed by atoms with Gasteiger partial charge in [0.05, 0.1) is 22.5 Å². The van der Waals surface area contributed by atoms with Gasteiger partial charge in [-0.05, 0) is 51.3 Å². The van der Waals surface area contributed by atoms with Crippen LogP contribution in [0.3, 0.4) is 0 Å². The molecule has 1 aliphatic rings. The summed E-state index contributed by atoms with van der Waals surface area (Å²) >= 11 is 1.76. The standard InChI is InChI=1S/C18H25N3O2S/c1-3-17-20-15(12-24-17)11-21-7-4-14(5-8-21)10-19-18(22)16-6-9-23-13(16)2/h6,9,12,14H,3-5,7-8,10-11H2,1-2H3,(H,19,22). The molecule has 0 bridgehead atoms. The summed E-state index contributed by atoms with van der Waals surface area (Å²) in [7, 11) is 0. The van der Waals surface area contributed by atoms with E-state index >= 15 is 0 Å². The maximum atomic E-state index is 12.1. The second-order valence-electron chi connectivity index (χ2n) is 6.41. The first-order valence-corrected chi connectivity index (χ1v) is 9.51. The molecule has 1 aliphatic heterocycles. The van der Waals surface area contributed by atoms with E-state index in [0.29, 0.717) is 17.2 Å². The fourth-order valence-electron chi connectivity index (χ4n) is 3.11. The van der Waals surface area contributed by atoms with Gasteiger partial charge >= 0.3 is 0 Å². The summed E-state index contributed by atoms with van der Waals surface area (Å²) in [4.78, 5) is 19.2. The Labute approximate surface area is 147 Å². The lowest BCUT2D eigenvalue weighted by atomic mass is 9.96. The number of aryl methyl sites for hydroxylation is 2.